The van der Waals surface area contributed by atoms with Crippen molar-refractivity contribution in [3.63, 3.8) is 0 Å². The quantitative estimate of drug-likeness (QED) is 0.851. The van der Waals surface area contributed by atoms with Crippen molar-refractivity contribution in [1.29, 1.82) is 0 Å². The van der Waals surface area contributed by atoms with E-state index in [0.29, 0.717) is 10.2 Å². The molecule has 0 bridgehead atoms. The molecule has 1 fully saturated rings. The summed E-state index contributed by atoms with van der Waals surface area (Å²) in [6.07, 6.45) is 3.06. The van der Waals surface area contributed by atoms with Crippen LogP contribution in [0.15, 0.2) is 21.4 Å². The third kappa shape index (κ3) is 3.36. The lowest BCUT2D eigenvalue weighted by Gasteiger charge is -2.33. The fraction of sp³-hybridized carbons (Fsp3) is 0.500. The number of hydrogen-bond acceptors (Lipinski definition) is 4. The SMILES string of the molecule is NC(=O)CN(C(=O)c1ccoc1Br)C1CCNCC1. The van der Waals surface area contributed by atoms with Crippen molar-refractivity contribution >= 4 is 27.7 Å². The standard InChI is InChI=1S/C12H16BrN3O3/c13-11-9(3-6-19-11)12(18)16(7-10(14)17)8-1-4-15-5-2-8/h3,6,8,15H,1-2,4-5,7H2,(H2,14,17). The van der Waals surface area contributed by atoms with Gasteiger partial charge in [-0.25, -0.2) is 0 Å². The summed E-state index contributed by atoms with van der Waals surface area (Å²) in [5.41, 5.74) is 5.66. The van der Waals surface area contributed by atoms with Crippen molar-refractivity contribution in [2.45, 2.75) is 18.9 Å². The highest BCUT2D eigenvalue weighted by Crippen LogP contribution is 2.22. The number of piperidine rings is 1. The van der Waals surface area contributed by atoms with Crippen LogP contribution in [0.5, 0.6) is 0 Å². The molecule has 2 amide bonds. The molecule has 1 aliphatic rings. The summed E-state index contributed by atoms with van der Waals surface area (Å²) < 4.78 is 5.44. The van der Waals surface area contributed by atoms with Gasteiger partial charge in [-0.15, -0.1) is 0 Å². The van der Waals surface area contributed by atoms with Crippen LogP contribution in [0.4, 0.5) is 0 Å². The summed E-state index contributed by atoms with van der Waals surface area (Å²) in [7, 11) is 0. The van der Waals surface area contributed by atoms with Crippen molar-refractivity contribution in [2.24, 2.45) is 5.73 Å². The average Bonchev–Trinajstić information content (AvgIpc) is 2.82. The summed E-state index contributed by atoms with van der Waals surface area (Å²) in [5.74, 6) is -0.738. The molecule has 0 aliphatic carbocycles. The van der Waals surface area contributed by atoms with Crippen molar-refractivity contribution in [2.75, 3.05) is 19.6 Å². The fourth-order valence-electron chi connectivity index (χ4n) is 2.25. The van der Waals surface area contributed by atoms with Gasteiger partial charge in [0, 0.05) is 6.04 Å². The topological polar surface area (TPSA) is 88.6 Å². The summed E-state index contributed by atoms with van der Waals surface area (Å²) in [6, 6.07) is 1.62. The maximum absolute atomic E-state index is 12.5. The fourth-order valence-corrected chi connectivity index (χ4v) is 2.66. The molecule has 0 saturated carbocycles. The smallest absolute Gasteiger partial charge is 0.259 e. The van der Waals surface area contributed by atoms with Gasteiger partial charge in [0.1, 0.15) is 0 Å². The minimum Gasteiger partial charge on any atom is -0.457 e. The van der Waals surface area contributed by atoms with E-state index in [4.69, 9.17) is 10.2 Å². The molecule has 1 saturated heterocycles. The Kier molecular flexibility index (Phi) is 4.60. The second-order valence-corrected chi connectivity index (χ2v) is 5.21. The second-order valence-electron chi connectivity index (χ2n) is 4.49. The van der Waals surface area contributed by atoms with Gasteiger partial charge in [0.15, 0.2) is 4.67 Å². The molecule has 19 heavy (non-hydrogen) atoms. The molecule has 0 aromatic carbocycles. The van der Waals surface area contributed by atoms with Gasteiger partial charge in [-0.05, 0) is 47.9 Å². The average molecular weight is 330 g/mol. The summed E-state index contributed by atoms with van der Waals surface area (Å²) in [4.78, 5) is 25.2. The molecule has 2 rings (SSSR count). The molecule has 0 unspecified atom stereocenters. The number of hydrogen-bond donors (Lipinski definition) is 2. The van der Waals surface area contributed by atoms with Crippen molar-refractivity contribution in [3.8, 4) is 0 Å². The van der Waals surface area contributed by atoms with Crippen LogP contribution in [0.3, 0.4) is 0 Å². The zero-order chi connectivity index (χ0) is 13.8. The largest absolute Gasteiger partial charge is 0.457 e. The lowest BCUT2D eigenvalue weighted by atomic mass is 10.0. The zero-order valence-corrected chi connectivity index (χ0v) is 12.0. The molecule has 104 valence electrons. The number of nitrogens with two attached hydrogens (primary N) is 1. The van der Waals surface area contributed by atoms with E-state index in [1.165, 1.54) is 6.26 Å². The van der Waals surface area contributed by atoms with E-state index in [2.05, 4.69) is 21.2 Å². The highest BCUT2D eigenvalue weighted by atomic mass is 79.9. The molecule has 3 N–H and O–H groups in total. The van der Waals surface area contributed by atoms with Gasteiger partial charge in [-0.3, -0.25) is 9.59 Å². The first-order valence-electron chi connectivity index (χ1n) is 6.12. The third-order valence-corrected chi connectivity index (χ3v) is 3.80. The lowest BCUT2D eigenvalue weighted by Crippen LogP contribution is -2.49. The van der Waals surface area contributed by atoms with Crippen LogP contribution in [0, 0.1) is 0 Å². The monoisotopic (exact) mass is 329 g/mol. The number of carbonyl (C=O) groups is 2. The number of rotatable bonds is 4. The van der Waals surface area contributed by atoms with E-state index in [1.54, 1.807) is 11.0 Å². The van der Waals surface area contributed by atoms with E-state index in [9.17, 15) is 9.59 Å². The Labute approximate surface area is 119 Å². The number of primary amides is 1. The first-order valence-corrected chi connectivity index (χ1v) is 6.92. The highest BCUT2D eigenvalue weighted by molar-refractivity contribution is 9.10. The van der Waals surface area contributed by atoms with Crippen molar-refractivity contribution in [1.82, 2.24) is 10.2 Å². The van der Waals surface area contributed by atoms with Crippen LogP contribution in [0.1, 0.15) is 23.2 Å². The summed E-state index contributed by atoms with van der Waals surface area (Å²) in [6.45, 7) is 1.60. The maximum Gasteiger partial charge on any atom is 0.259 e. The molecule has 0 radical (unpaired) electrons. The van der Waals surface area contributed by atoms with E-state index in [-0.39, 0.29) is 18.5 Å². The van der Waals surface area contributed by atoms with Gasteiger partial charge in [-0.1, -0.05) is 0 Å². The van der Waals surface area contributed by atoms with Crippen molar-refractivity contribution in [3.05, 3.63) is 22.6 Å². The van der Waals surface area contributed by atoms with E-state index >= 15 is 0 Å². The Bertz CT molecular complexity index is 469. The summed E-state index contributed by atoms with van der Waals surface area (Å²) in [5, 5.41) is 3.23. The zero-order valence-electron chi connectivity index (χ0n) is 10.4. The molecule has 1 aromatic heterocycles. The third-order valence-electron chi connectivity index (χ3n) is 3.18. The molecular weight excluding hydrogens is 314 g/mol. The molecule has 1 aromatic rings. The highest BCUT2D eigenvalue weighted by Gasteiger charge is 2.29. The predicted octanol–water partition coefficient (Wildman–Crippen LogP) is 0.722. The molecule has 0 spiro atoms. The van der Waals surface area contributed by atoms with E-state index in [1.807, 2.05) is 0 Å². The normalized spacial score (nSPS) is 16.3. The van der Waals surface area contributed by atoms with Crippen LogP contribution in [-0.2, 0) is 4.79 Å². The van der Waals surface area contributed by atoms with Gasteiger partial charge in [0.05, 0.1) is 18.4 Å². The number of halogens is 1. The first-order chi connectivity index (χ1) is 9.09. The molecule has 1 aliphatic heterocycles. The molecular formula is C12H16BrN3O3. The van der Waals surface area contributed by atoms with Gasteiger partial charge in [0.2, 0.25) is 5.91 Å². The first kappa shape index (κ1) is 14.1. The van der Waals surface area contributed by atoms with E-state index in [0.717, 1.165) is 25.9 Å². The minimum atomic E-state index is -0.508. The number of carbonyl (C=O) groups excluding carboxylic acids is 2. The number of amides is 2. The van der Waals surface area contributed by atoms with Crippen molar-refractivity contribution < 1.29 is 14.0 Å². The number of nitrogens with zero attached hydrogens (tertiary/aromatic N) is 1. The Morgan fingerprint density at radius 1 is 1.47 bits per heavy atom. The van der Waals surface area contributed by atoms with Gasteiger partial charge in [0.25, 0.3) is 5.91 Å². The predicted molar refractivity (Wildman–Crippen MR) is 72.5 cm³/mol. The second kappa shape index (κ2) is 6.21. The summed E-state index contributed by atoms with van der Waals surface area (Å²) >= 11 is 3.18. The Hall–Kier alpha value is -1.34. The van der Waals surface area contributed by atoms with Crippen LogP contribution < -0.4 is 11.1 Å². The lowest BCUT2D eigenvalue weighted by molar-refractivity contribution is -0.119. The van der Waals surface area contributed by atoms with Crippen LogP contribution in [0.25, 0.3) is 0 Å². The molecule has 6 nitrogen and oxygen atoms in total. The maximum atomic E-state index is 12.5. The van der Waals surface area contributed by atoms with Crippen LogP contribution in [0.2, 0.25) is 0 Å². The molecule has 7 heteroatoms. The van der Waals surface area contributed by atoms with Crippen LogP contribution in [-0.4, -0.2) is 42.4 Å². The number of nitrogens with one attached hydrogen (secondary N) is 1. The van der Waals surface area contributed by atoms with Gasteiger partial charge >= 0.3 is 0 Å². The molecule has 2 heterocycles. The Morgan fingerprint density at radius 2 is 2.16 bits per heavy atom. The Balaban J connectivity index is 2.19. The molecule has 0 atom stereocenters. The minimum absolute atomic E-state index is 0.0306. The number of furan rings is 1. The van der Waals surface area contributed by atoms with E-state index < -0.39 is 5.91 Å². The Morgan fingerprint density at radius 3 is 2.68 bits per heavy atom. The van der Waals surface area contributed by atoms with Crippen LogP contribution >= 0.6 is 15.9 Å². The van der Waals surface area contributed by atoms with Gasteiger partial charge in [-0.2, -0.15) is 0 Å². The van der Waals surface area contributed by atoms with Gasteiger partial charge < -0.3 is 20.4 Å².